The van der Waals surface area contributed by atoms with Crippen LogP contribution in [0.15, 0.2) is 18.2 Å². The van der Waals surface area contributed by atoms with E-state index in [0.29, 0.717) is 18.9 Å². The molecule has 0 saturated heterocycles. The Bertz CT molecular complexity index is 689. The Kier molecular flexibility index (Phi) is 8.35. The highest BCUT2D eigenvalue weighted by Gasteiger charge is 2.27. The van der Waals surface area contributed by atoms with E-state index in [-0.39, 0.29) is 0 Å². The van der Waals surface area contributed by atoms with E-state index in [2.05, 4.69) is 18.3 Å². The lowest BCUT2D eigenvalue weighted by atomic mass is 9.93. The second-order valence-corrected chi connectivity index (χ2v) is 8.63. The van der Waals surface area contributed by atoms with Crippen LogP contribution in [0.25, 0.3) is 0 Å². The summed E-state index contributed by atoms with van der Waals surface area (Å²) in [6, 6.07) is 5.25. The number of carbonyl (C=O) groups excluding carboxylic acids is 2. The zero-order valence-electron chi connectivity index (χ0n) is 18.4. The summed E-state index contributed by atoms with van der Waals surface area (Å²) in [6.07, 6.45) is 5.42. The Morgan fingerprint density at radius 3 is 2.48 bits per heavy atom. The lowest BCUT2D eigenvalue weighted by Gasteiger charge is -2.23. The van der Waals surface area contributed by atoms with E-state index in [0.717, 1.165) is 30.6 Å². The highest BCUT2D eigenvalue weighted by molar-refractivity contribution is 5.81. The van der Waals surface area contributed by atoms with Crippen molar-refractivity contribution in [3.63, 3.8) is 0 Å². The highest BCUT2D eigenvalue weighted by Crippen LogP contribution is 2.39. The lowest BCUT2D eigenvalue weighted by Crippen LogP contribution is -2.45. The number of methoxy groups -OCH3 is 1. The maximum absolute atomic E-state index is 12.2. The second kappa shape index (κ2) is 10.5. The molecule has 0 radical (unpaired) electrons. The van der Waals surface area contributed by atoms with E-state index in [9.17, 15) is 9.59 Å². The molecule has 1 atom stereocenters. The minimum absolute atomic E-state index is 0.333. The van der Waals surface area contributed by atoms with Crippen LogP contribution in [-0.2, 0) is 20.7 Å². The molecule has 1 aliphatic carbocycles. The van der Waals surface area contributed by atoms with Gasteiger partial charge in [-0.2, -0.15) is 0 Å². The third-order valence-corrected chi connectivity index (χ3v) is 4.95. The van der Waals surface area contributed by atoms with E-state index in [1.807, 2.05) is 12.1 Å². The van der Waals surface area contributed by atoms with Crippen molar-refractivity contribution in [1.29, 1.82) is 0 Å². The summed E-state index contributed by atoms with van der Waals surface area (Å²) in [6.45, 7) is 8.12. The van der Waals surface area contributed by atoms with Gasteiger partial charge in [0.25, 0.3) is 0 Å². The smallest absolute Gasteiger partial charge is 0.408 e. The Morgan fingerprint density at radius 2 is 1.90 bits per heavy atom. The molecule has 1 aromatic carbocycles. The maximum atomic E-state index is 12.2. The van der Waals surface area contributed by atoms with Gasteiger partial charge in [-0.15, -0.1) is 0 Å². The van der Waals surface area contributed by atoms with Crippen molar-refractivity contribution in [2.75, 3.05) is 13.7 Å². The number of ether oxygens (including phenoxy) is 3. The monoisotopic (exact) mass is 405 g/mol. The quantitative estimate of drug-likeness (QED) is 0.632. The Balaban J connectivity index is 2.19. The summed E-state index contributed by atoms with van der Waals surface area (Å²) < 4.78 is 16.1. The van der Waals surface area contributed by atoms with E-state index in [1.165, 1.54) is 25.5 Å². The van der Waals surface area contributed by atoms with Crippen molar-refractivity contribution < 1.29 is 23.8 Å². The maximum Gasteiger partial charge on any atom is 0.408 e. The van der Waals surface area contributed by atoms with Crippen LogP contribution in [0.1, 0.15) is 76.8 Å². The number of nitrogens with one attached hydrogen (secondary N) is 1. The second-order valence-electron chi connectivity index (χ2n) is 8.63. The van der Waals surface area contributed by atoms with Gasteiger partial charge in [0.2, 0.25) is 0 Å². The van der Waals surface area contributed by atoms with Gasteiger partial charge in [0.1, 0.15) is 17.4 Å². The fourth-order valence-corrected chi connectivity index (χ4v) is 3.65. The molecule has 1 saturated carbocycles. The average molecular weight is 406 g/mol. The Labute approximate surface area is 174 Å². The molecule has 0 bridgehead atoms. The van der Waals surface area contributed by atoms with E-state index in [4.69, 9.17) is 14.2 Å². The van der Waals surface area contributed by atoms with Gasteiger partial charge in [0.15, 0.2) is 0 Å². The van der Waals surface area contributed by atoms with Gasteiger partial charge in [-0.05, 0) is 63.1 Å². The molecule has 6 heteroatoms. The highest BCUT2D eigenvalue weighted by atomic mass is 16.6. The number of hydrogen-bond donors (Lipinski definition) is 1. The fraction of sp³-hybridized carbons (Fsp3) is 0.652. The minimum Gasteiger partial charge on any atom is -0.493 e. The predicted octanol–water partition coefficient (Wildman–Crippen LogP) is 4.74. The minimum atomic E-state index is -0.811. The van der Waals surface area contributed by atoms with Gasteiger partial charge in [0, 0.05) is 6.42 Å². The van der Waals surface area contributed by atoms with Crippen LogP contribution in [0.3, 0.4) is 0 Å². The number of carbonyl (C=O) groups is 2. The van der Waals surface area contributed by atoms with Crippen molar-refractivity contribution in [1.82, 2.24) is 5.32 Å². The molecule has 29 heavy (non-hydrogen) atoms. The molecule has 1 N–H and O–H groups in total. The molecule has 0 aromatic heterocycles. The molecule has 6 nitrogen and oxygen atoms in total. The first-order valence-corrected chi connectivity index (χ1v) is 10.6. The normalized spacial score (nSPS) is 15.6. The average Bonchev–Trinajstić information content (AvgIpc) is 3.18. The first-order valence-electron chi connectivity index (χ1n) is 10.6. The number of hydrogen-bond acceptors (Lipinski definition) is 5. The zero-order valence-corrected chi connectivity index (χ0v) is 18.4. The summed E-state index contributed by atoms with van der Waals surface area (Å²) in [5, 5.41) is 2.64. The van der Waals surface area contributed by atoms with Crippen molar-refractivity contribution in [3.8, 4) is 5.75 Å². The van der Waals surface area contributed by atoms with Crippen molar-refractivity contribution in [2.24, 2.45) is 0 Å². The molecular weight excluding hydrogens is 370 g/mol. The summed E-state index contributed by atoms with van der Waals surface area (Å²) >= 11 is 0. The molecule has 162 valence electrons. The molecule has 0 aliphatic heterocycles. The predicted molar refractivity (Wildman–Crippen MR) is 112 cm³/mol. The molecule has 0 spiro atoms. The number of alkyl carbamates (subject to hydrolysis) is 1. The zero-order chi connectivity index (χ0) is 21.4. The van der Waals surface area contributed by atoms with Crippen LogP contribution >= 0.6 is 0 Å². The third kappa shape index (κ3) is 7.26. The summed E-state index contributed by atoms with van der Waals surface area (Å²) in [5.41, 5.74) is 1.52. The van der Waals surface area contributed by atoms with Gasteiger partial charge >= 0.3 is 12.1 Å². The Hall–Kier alpha value is -2.24. The van der Waals surface area contributed by atoms with Crippen LogP contribution < -0.4 is 10.1 Å². The third-order valence-electron chi connectivity index (χ3n) is 4.95. The van der Waals surface area contributed by atoms with Gasteiger partial charge in [0.05, 0.1) is 13.7 Å². The number of amides is 1. The first kappa shape index (κ1) is 23.0. The molecule has 1 aliphatic rings. The van der Waals surface area contributed by atoms with E-state index >= 15 is 0 Å². The van der Waals surface area contributed by atoms with Crippen molar-refractivity contribution >= 4 is 12.1 Å². The number of esters is 1. The van der Waals surface area contributed by atoms with E-state index in [1.54, 1.807) is 20.8 Å². The molecule has 0 heterocycles. The first-order chi connectivity index (χ1) is 13.7. The molecule has 1 fully saturated rings. The van der Waals surface area contributed by atoms with Crippen molar-refractivity contribution in [2.45, 2.75) is 83.8 Å². The molecule has 1 aromatic rings. The van der Waals surface area contributed by atoms with Gasteiger partial charge in [-0.1, -0.05) is 31.9 Å². The Morgan fingerprint density at radius 1 is 1.21 bits per heavy atom. The van der Waals surface area contributed by atoms with Crippen LogP contribution in [0.4, 0.5) is 4.79 Å². The molecular formula is C23H35NO5. The van der Waals surface area contributed by atoms with E-state index < -0.39 is 23.7 Å². The summed E-state index contributed by atoms with van der Waals surface area (Å²) in [4.78, 5) is 24.4. The fourth-order valence-electron chi connectivity index (χ4n) is 3.65. The van der Waals surface area contributed by atoms with Crippen LogP contribution in [0.5, 0.6) is 5.75 Å². The molecule has 2 rings (SSSR count). The van der Waals surface area contributed by atoms with Gasteiger partial charge < -0.3 is 19.5 Å². The molecule has 0 unspecified atom stereocenters. The molecule has 1 amide bonds. The number of rotatable bonds is 8. The van der Waals surface area contributed by atoms with Crippen molar-refractivity contribution in [3.05, 3.63) is 29.3 Å². The number of benzene rings is 1. The van der Waals surface area contributed by atoms with Crippen LogP contribution in [-0.4, -0.2) is 37.4 Å². The van der Waals surface area contributed by atoms with Crippen LogP contribution in [0.2, 0.25) is 0 Å². The standard InChI is InChI=1S/C23H35NO5/c1-6-13-28-20-12-11-16(14-18(20)17-9-7-8-10-17)15-19(21(25)27-5)24-22(26)29-23(2,3)4/h11-12,14,17,19H,6-10,13,15H2,1-5H3,(H,24,26)/t19-/m0/s1. The topological polar surface area (TPSA) is 73.9 Å². The summed E-state index contributed by atoms with van der Waals surface area (Å²) in [5.74, 6) is 0.916. The largest absolute Gasteiger partial charge is 0.493 e. The summed E-state index contributed by atoms with van der Waals surface area (Å²) in [7, 11) is 1.32. The van der Waals surface area contributed by atoms with Crippen LogP contribution in [0, 0.1) is 0 Å². The van der Waals surface area contributed by atoms with Gasteiger partial charge in [-0.25, -0.2) is 9.59 Å². The SMILES string of the molecule is CCCOc1ccc(C[C@H](NC(=O)OC(C)(C)C)C(=O)OC)cc1C1CCCC1. The van der Waals surface area contributed by atoms with Gasteiger partial charge in [-0.3, -0.25) is 0 Å². The lowest BCUT2D eigenvalue weighted by molar-refractivity contribution is -0.143.